The summed E-state index contributed by atoms with van der Waals surface area (Å²) in [5, 5.41) is 4.13. The van der Waals surface area contributed by atoms with Crippen LogP contribution in [-0.4, -0.2) is 16.7 Å². The molecule has 1 aromatic rings. The maximum absolute atomic E-state index is 11.4. The minimum absolute atomic E-state index is 0.163. The van der Waals surface area contributed by atoms with Crippen molar-refractivity contribution in [2.45, 2.75) is 20.3 Å². The molecular weight excluding hydrogens is 152 g/mol. The monoisotopic (exact) mass is 162 g/mol. The number of fused-ring (bicyclic) bond motifs is 1. The lowest BCUT2D eigenvalue weighted by Crippen LogP contribution is -2.13. The van der Waals surface area contributed by atoms with E-state index in [2.05, 4.69) is 5.10 Å². The van der Waals surface area contributed by atoms with Gasteiger partial charge in [-0.15, -0.1) is 0 Å². The summed E-state index contributed by atoms with van der Waals surface area (Å²) in [6.07, 6.45) is 2.09. The minimum Gasteiger partial charge on any atom is -0.292 e. The molecule has 0 radical (unpaired) electrons. The summed E-state index contributed by atoms with van der Waals surface area (Å²) in [6.45, 7) is 3.89. The van der Waals surface area contributed by atoms with Crippen LogP contribution >= 0.6 is 0 Å². The molecule has 62 valence electrons. The Kier molecular flexibility index (Phi) is 1.40. The van der Waals surface area contributed by atoms with Crippen LogP contribution in [0.4, 0.5) is 0 Å². The predicted molar refractivity (Wildman–Crippen MR) is 46.7 cm³/mol. The highest BCUT2D eigenvalue weighted by Gasteiger charge is 2.18. The maximum atomic E-state index is 11.4. The van der Waals surface area contributed by atoms with Gasteiger partial charge >= 0.3 is 0 Å². The molecule has 0 saturated carbocycles. The average molecular weight is 162 g/mol. The molecule has 0 bridgehead atoms. The van der Waals surface area contributed by atoms with E-state index in [-0.39, 0.29) is 5.78 Å². The van der Waals surface area contributed by atoms with Gasteiger partial charge in [-0.3, -0.25) is 4.79 Å². The van der Waals surface area contributed by atoms with Crippen molar-refractivity contribution < 1.29 is 4.79 Å². The molecule has 0 spiro atoms. The van der Waals surface area contributed by atoms with Gasteiger partial charge in [0.1, 0.15) is 5.69 Å². The summed E-state index contributed by atoms with van der Waals surface area (Å²) >= 11 is 0. The molecule has 0 unspecified atom stereocenters. The van der Waals surface area contributed by atoms with Crippen molar-refractivity contribution in [3.8, 4) is 0 Å². The lowest BCUT2D eigenvalue weighted by atomic mass is 10.1. The van der Waals surface area contributed by atoms with Crippen LogP contribution in [0.5, 0.6) is 0 Å². The third kappa shape index (κ3) is 0.826. The maximum Gasteiger partial charge on any atom is 0.186 e. The molecule has 0 N–H and O–H groups in total. The second-order valence-corrected chi connectivity index (χ2v) is 3.05. The molecule has 1 aromatic heterocycles. The van der Waals surface area contributed by atoms with E-state index >= 15 is 0 Å². The smallest absolute Gasteiger partial charge is 0.186 e. The number of Topliss-reactive ketones (excluding diaryl/α,β-unsaturated/α-hetero) is 1. The van der Waals surface area contributed by atoms with Crippen molar-refractivity contribution in [3.63, 3.8) is 0 Å². The van der Waals surface area contributed by atoms with Crippen LogP contribution in [0.25, 0.3) is 0 Å². The number of hydrogen-bond donors (Lipinski definition) is 0. The molecular formula is C9H10N2O. The van der Waals surface area contributed by atoms with Crippen molar-refractivity contribution in [3.05, 3.63) is 23.0 Å². The zero-order valence-corrected chi connectivity index (χ0v) is 7.16. The van der Waals surface area contributed by atoms with Crippen LogP contribution in [0.3, 0.4) is 0 Å². The van der Waals surface area contributed by atoms with Gasteiger partial charge in [0.05, 0.1) is 0 Å². The minimum atomic E-state index is 0.163. The largest absolute Gasteiger partial charge is 0.292 e. The third-order valence-corrected chi connectivity index (χ3v) is 2.08. The number of nitrogens with zero attached hydrogens (tertiary/aromatic N) is 2. The molecule has 12 heavy (non-hydrogen) atoms. The third-order valence-electron chi connectivity index (χ3n) is 2.08. The van der Waals surface area contributed by atoms with E-state index in [1.54, 1.807) is 10.9 Å². The molecule has 2 rings (SSSR count). The first-order valence-electron chi connectivity index (χ1n) is 3.95. The molecule has 0 fully saturated rings. The van der Waals surface area contributed by atoms with Crippen molar-refractivity contribution in [1.29, 1.82) is 0 Å². The zero-order chi connectivity index (χ0) is 8.72. The van der Waals surface area contributed by atoms with E-state index in [9.17, 15) is 4.79 Å². The molecule has 3 nitrogen and oxygen atoms in total. The van der Waals surface area contributed by atoms with Crippen molar-refractivity contribution in [2.75, 3.05) is 0 Å². The number of aryl methyl sites for hydroxylation is 2. The Morgan fingerprint density at radius 3 is 2.92 bits per heavy atom. The van der Waals surface area contributed by atoms with Crippen LogP contribution in [0.15, 0.2) is 11.2 Å². The zero-order valence-electron chi connectivity index (χ0n) is 7.16. The van der Waals surface area contributed by atoms with E-state index in [1.165, 1.54) is 0 Å². The Morgan fingerprint density at radius 2 is 2.25 bits per heavy atom. The average Bonchev–Trinajstić information content (AvgIpc) is 2.29. The van der Waals surface area contributed by atoms with E-state index in [1.807, 2.05) is 19.9 Å². The van der Waals surface area contributed by atoms with Gasteiger partial charge in [-0.1, -0.05) is 0 Å². The summed E-state index contributed by atoms with van der Waals surface area (Å²) in [5.41, 5.74) is 2.79. The Bertz CT molecular complexity index is 374. The SMILES string of the molecule is Cc1cc(C)n2c1C(=O)CC=N2. The number of hydrogen-bond acceptors (Lipinski definition) is 2. The fourth-order valence-electron chi connectivity index (χ4n) is 1.58. The highest BCUT2D eigenvalue weighted by atomic mass is 16.1. The van der Waals surface area contributed by atoms with Crippen LogP contribution < -0.4 is 0 Å². The quantitative estimate of drug-likeness (QED) is 0.569. The van der Waals surface area contributed by atoms with Gasteiger partial charge < -0.3 is 0 Å². The van der Waals surface area contributed by atoms with Crippen LogP contribution in [0.2, 0.25) is 0 Å². The first kappa shape index (κ1) is 7.28. The Labute approximate surface area is 70.7 Å². The van der Waals surface area contributed by atoms with Gasteiger partial charge in [-0.05, 0) is 25.5 Å². The van der Waals surface area contributed by atoms with E-state index in [0.717, 1.165) is 17.0 Å². The first-order chi connectivity index (χ1) is 5.70. The van der Waals surface area contributed by atoms with Crippen LogP contribution in [0, 0.1) is 13.8 Å². The predicted octanol–water partition coefficient (Wildman–Crippen LogP) is 1.53. The first-order valence-corrected chi connectivity index (χ1v) is 3.95. The number of carbonyl (C=O) groups is 1. The Morgan fingerprint density at radius 1 is 1.50 bits per heavy atom. The topological polar surface area (TPSA) is 34.4 Å². The Balaban J connectivity index is 2.72. The summed E-state index contributed by atoms with van der Waals surface area (Å²) in [4.78, 5) is 11.4. The molecule has 1 aliphatic heterocycles. The molecule has 1 aliphatic rings. The Hall–Kier alpha value is -1.38. The lowest BCUT2D eigenvalue weighted by molar-refractivity contribution is 0.0989. The number of rotatable bonds is 0. The number of aromatic nitrogens is 1. The molecule has 0 amide bonds. The summed E-state index contributed by atoms with van der Waals surface area (Å²) in [7, 11) is 0. The van der Waals surface area contributed by atoms with Gasteiger partial charge in [0.15, 0.2) is 5.78 Å². The number of ketones is 1. The van der Waals surface area contributed by atoms with Gasteiger partial charge in [-0.2, -0.15) is 5.10 Å². The molecule has 0 aromatic carbocycles. The van der Waals surface area contributed by atoms with Crippen molar-refractivity contribution >= 4 is 12.0 Å². The van der Waals surface area contributed by atoms with Crippen molar-refractivity contribution in [2.24, 2.45) is 5.10 Å². The van der Waals surface area contributed by atoms with Crippen LogP contribution in [-0.2, 0) is 0 Å². The highest BCUT2D eigenvalue weighted by molar-refractivity contribution is 6.05. The van der Waals surface area contributed by atoms with E-state index in [0.29, 0.717) is 6.42 Å². The summed E-state index contributed by atoms with van der Waals surface area (Å²) in [6, 6.07) is 1.98. The normalized spacial score (nSPS) is 15.0. The lowest BCUT2D eigenvalue weighted by Gasteiger charge is -2.08. The molecule has 0 saturated heterocycles. The van der Waals surface area contributed by atoms with E-state index < -0.39 is 0 Å². The highest BCUT2D eigenvalue weighted by Crippen LogP contribution is 2.18. The van der Waals surface area contributed by atoms with Crippen LogP contribution in [0.1, 0.15) is 28.2 Å². The van der Waals surface area contributed by atoms with Gasteiger partial charge in [0.2, 0.25) is 0 Å². The van der Waals surface area contributed by atoms with Gasteiger partial charge in [-0.25, -0.2) is 4.68 Å². The summed E-state index contributed by atoms with van der Waals surface area (Å²) < 4.78 is 1.71. The molecule has 0 aliphatic carbocycles. The second kappa shape index (κ2) is 2.30. The molecule has 0 atom stereocenters. The van der Waals surface area contributed by atoms with Crippen molar-refractivity contribution in [1.82, 2.24) is 4.68 Å². The standard InChI is InChI=1S/C9H10N2O/c1-6-5-7(2)11-9(6)8(12)3-4-10-11/h4-5H,3H2,1-2H3. The second-order valence-electron chi connectivity index (χ2n) is 3.05. The van der Waals surface area contributed by atoms with Gasteiger partial charge in [0, 0.05) is 18.3 Å². The number of carbonyl (C=O) groups excluding carboxylic acids is 1. The molecule has 2 heterocycles. The van der Waals surface area contributed by atoms with E-state index in [4.69, 9.17) is 0 Å². The fraction of sp³-hybridized carbons (Fsp3) is 0.333. The molecule has 3 heteroatoms. The fourth-order valence-corrected chi connectivity index (χ4v) is 1.58. The van der Waals surface area contributed by atoms with Gasteiger partial charge in [0.25, 0.3) is 0 Å². The summed E-state index contributed by atoms with van der Waals surface area (Å²) in [5.74, 6) is 0.163.